The molecule has 1 aromatic heterocycles. The van der Waals surface area contributed by atoms with Gasteiger partial charge in [-0.3, -0.25) is 4.79 Å². The molecule has 0 fully saturated rings. The lowest BCUT2D eigenvalue weighted by Gasteiger charge is -2.07. The van der Waals surface area contributed by atoms with Crippen molar-refractivity contribution in [3.63, 3.8) is 0 Å². The maximum absolute atomic E-state index is 11.9. The normalized spacial score (nSPS) is 10.4. The monoisotopic (exact) mass is 383 g/mol. The smallest absolute Gasteiger partial charge is 0.331 e. The molecule has 0 spiro atoms. The molecule has 0 atom stereocenters. The molecule has 24 heavy (non-hydrogen) atoms. The van der Waals surface area contributed by atoms with E-state index in [1.165, 1.54) is 10.6 Å². The zero-order chi connectivity index (χ0) is 16.9. The van der Waals surface area contributed by atoms with E-state index in [1.807, 2.05) is 36.4 Å². The standard InChI is InChI=1S/C19H14BrNO3/c20-16-8-4-14(5-9-16)15-6-10-17(11-7-15)24-19(23)13-21-12-2-1-3-18(21)22/h1-12H,13H2. The third kappa shape index (κ3) is 4.00. The summed E-state index contributed by atoms with van der Waals surface area (Å²) in [5.41, 5.74) is 1.87. The summed E-state index contributed by atoms with van der Waals surface area (Å²) >= 11 is 3.41. The molecule has 1 heterocycles. The van der Waals surface area contributed by atoms with E-state index in [2.05, 4.69) is 15.9 Å². The van der Waals surface area contributed by atoms with Gasteiger partial charge in [0.2, 0.25) is 0 Å². The average Bonchev–Trinajstić information content (AvgIpc) is 2.58. The lowest BCUT2D eigenvalue weighted by atomic mass is 10.1. The van der Waals surface area contributed by atoms with Crippen LogP contribution in [0.1, 0.15) is 0 Å². The van der Waals surface area contributed by atoms with Crippen molar-refractivity contribution in [2.45, 2.75) is 6.54 Å². The van der Waals surface area contributed by atoms with E-state index in [0.717, 1.165) is 15.6 Å². The molecule has 3 aromatic rings. The average molecular weight is 384 g/mol. The number of halogens is 1. The first-order valence-electron chi connectivity index (χ1n) is 7.34. The Labute approximate surface area is 147 Å². The van der Waals surface area contributed by atoms with Gasteiger partial charge in [0.05, 0.1) is 0 Å². The third-order valence-corrected chi connectivity index (χ3v) is 3.99. The minimum Gasteiger partial charge on any atom is -0.425 e. The maximum Gasteiger partial charge on any atom is 0.331 e. The molecule has 5 heteroatoms. The second-order valence-corrected chi connectivity index (χ2v) is 6.09. The highest BCUT2D eigenvalue weighted by atomic mass is 79.9. The van der Waals surface area contributed by atoms with Gasteiger partial charge in [-0.15, -0.1) is 0 Å². The first-order valence-corrected chi connectivity index (χ1v) is 8.13. The summed E-state index contributed by atoms with van der Waals surface area (Å²) in [6, 6.07) is 19.9. The Bertz CT molecular complexity index is 899. The second-order valence-electron chi connectivity index (χ2n) is 5.17. The van der Waals surface area contributed by atoms with Crippen LogP contribution in [0.4, 0.5) is 0 Å². The Balaban J connectivity index is 1.68. The first kappa shape index (κ1) is 16.2. The lowest BCUT2D eigenvalue weighted by molar-refractivity contribution is -0.135. The molecule has 0 N–H and O–H groups in total. The Morgan fingerprint density at radius 2 is 1.54 bits per heavy atom. The maximum atomic E-state index is 11.9. The van der Waals surface area contributed by atoms with Crippen molar-refractivity contribution in [2.24, 2.45) is 0 Å². The van der Waals surface area contributed by atoms with Crippen LogP contribution >= 0.6 is 15.9 Å². The molecule has 0 aliphatic heterocycles. The molecular weight excluding hydrogens is 370 g/mol. The number of carbonyl (C=O) groups is 1. The fourth-order valence-corrected chi connectivity index (χ4v) is 2.52. The molecule has 3 rings (SSSR count). The van der Waals surface area contributed by atoms with Gasteiger partial charge in [0.15, 0.2) is 0 Å². The lowest BCUT2D eigenvalue weighted by Crippen LogP contribution is -2.25. The van der Waals surface area contributed by atoms with Crippen LogP contribution in [-0.4, -0.2) is 10.5 Å². The third-order valence-electron chi connectivity index (χ3n) is 3.46. The zero-order valence-corrected chi connectivity index (χ0v) is 14.3. The molecular formula is C19H14BrNO3. The Morgan fingerprint density at radius 1 is 0.917 bits per heavy atom. The topological polar surface area (TPSA) is 48.3 Å². The zero-order valence-electron chi connectivity index (χ0n) is 12.7. The van der Waals surface area contributed by atoms with Crippen molar-refractivity contribution >= 4 is 21.9 Å². The van der Waals surface area contributed by atoms with Crippen molar-refractivity contribution in [3.8, 4) is 16.9 Å². The predicted octanol–water partition coefficient (Wildman–Crippen LogP) is 3.88. The summed E-state index contributed by atoms with van der Waals surface area (Å²) in [7, 11) is 0. The molecule has 0 aliphatic rings. The molecule has 0 saturated carbocycles. The number of hydrogen-bond acceptors (Lipinski definition) is 3. The van der Waals surface area contributed by atoms with Crippen molar-refractivity contribution in [1.29, 1.82) is 0 Å². The highest BCUT2D eigenvalue weighted by Gasteiger charge is 2.07. The van der Waals surface area contributed by atoms with Gasteiger partial charge in [-0.25, -0.2) is 4.79 Å². The van der Waals surface area contributed by atoms with E-state index in [4.69, 9.17) is 4.74 Å². The number of carbonyl (C=O) groups excluding carboxylic acids is 1. The van der Waals surface area contributed by atoms with Gasteiger partial charge in [0, 0.05) is 16.7 Å². The van der Waals surface area contributed by atoms with Gasteiger partial charge in [0.1, 0.15) is 12.3 Å². The Hall–Kier alpha value is -2.66. The SMILES string of the molecule is O=C(Cn1ccccc1=O)Oc1ccc(-c2ccc(Br)cc2)cc1. The molecule has 4 nitrogen and oxygen atoms in total. The van der Waals surface area contributed by atoms with Crippen molar-refractivity contribution in [1.82, 2.24) is 4.57 Å². The molecule has 0 radical (unpaired) electrons. The number of nitrogens with zero attached hydrogens (tertiary/aromatic N) is 1. The number of ether oxygens (including phenoxy) is 1. The molecule has 0 bridgehead atoms. The Morgan fingerprint density at radius 3 is 2.17 bits per heavy atom. The van der Waals surface area contributed by atoms with Crippen LogP contribution in [-0.2, 0) is 11.3 Å². The van der Waals surface area contributed by atoms with Gasteiger partial charge in [-0.1, -0.05) is 46.3 Å². The molecule has 120 valence electrons. The van der Waals surface area contributed by atoms with Crippen LogP contribution in [0.2, 0.25) is 0 Å². The highest BCUT2D eigenvalue weighted by Crippen LogP contribution is 2.24. The van der Waals surface area contributed by atoms with Gasteiger partial charge in [0.25, 0.3) is 5.56 Å². The summed E-state index contributed by atoms with van der Waals surface area (Å²) in [4.78, 5) is 23.5. The van der Waals surface area contributed by atoms with Crippen LogP contribution in [0.15, 0.2) is 82.2 Å². The van der Waals surface area contributed by atoms with Crippen LogP contribution in [0.25, 0.3) is 11.1 Å². The Kier molecular flexibility index (Phi) is 4.91. The van der Waals surface area contributed by atoms with Crippen molar-refractivity contribution < 1.29 is 9.53 Å². The summed E-state index contributed by atoms with van der Waals surface area (Å²) in [5.74, 6) is -0.0375. The largest absolute Gasteiger partial charge is 0.425 e. The predicted molar refractivity (Wildman–Crippen MR) is 95.9 cm³/mol. The number of pyridine rings is 1. The first-order chi connectivity index (χ1) is 11.6. The van der Waals surface area contributed by atoms with Crippen LogP contribution in [0.5, 0.6) is 5.75 Å². The number of hydrogen-bond donors (Lipinski definition) is 0. The number of esters is 1. The van der Waals surface area contributed by atoms with Crippen molar-refractivity contribution in [2.75, 3.05) is 0 Å². The van der Waals surface area contributed by atoms with E-state index in [0.29, 0.717) is 5.75 Å². The van der Waals surface area contributed by atoms with E-state index in [-0.39, 0.29) is 12.1 Å². The second kappa shape index (κ2) is 7.27. The van der Waals surface area contributed by atoms with Crippen molar-refractivity contribution in [3.05, 3.63) is 87.8 Å². The van der Waals surface area contributed by atoms with Gasteiger partial charge in [-0.2, -0.15) is 0 Å². The van der Waals surface area contributed by atoms with Crippen LogP contribution in [0, 0.1) is 0 Å². The summed E-state index contributed by atoms with van der Waals surface area (Å²) in [5, 5.41) is 0. The number of rotatable bonds is 4. The number of benzene rings is 2. The molecule has 0 aliphatic carbocycles. The van der Waals surface area contributed by atoms with Crippen LogP contribution in [0.3, 0.4) is 0 Å². The molecule has 0 amide bonds. The fraction of sp³-hybridized carbons (Fsp3) is 0.0526. The minimum absolute atomic E-state index is 0.117. The minimum atomic E-state index is -0.486. The number of aromatic nitrogens is 1. The quantitative estimate of drug-likeness (QED) is 0.507. The van der Waals surface area contributed by atoms with E-state index in [1.54, 1.807) is 30.5 Å². The van der Waals surface area contributed by atoms with Gasteiger partial charge in [-0.05, 0) is 41.5 Å². The summed E-state index contributed by atoms with van der Waals surface area (Å²) in [6.07, 6.45) is 1.56. The fourth-order valence-electron chi connectivity index (χ4n) is 2.25. The van der Waals surface area contributed by atoms with Crippen LogP contribution < -0.4 is 10.3 Å². The van der Waals surface area contributed by atoms with E-state index in [9.17, 15) is 9.59 Å². The summed E-state index contributed by atoms with van der Waals surface area (Å²) in [6.45, 7) is -0.117. The van der Waals surface area contributed by atoms with Gasteiger partial charge < -0.3 is 9.30 Å². The van der Waals surface area contributed by atoms with E-state index < -0.39 is 5.97 Å². The molecule has 2 aromatic carbocycles. The van der Waals surface area contributed by atoms with Gasteiger partial charge >= 0.3 is 5.97 Å². The van der Waals surface area contributed by atoms with E-state index >= 15 is 0 Å². The summed E-state index contributed by atoms with van der Waals surface area (Å²) < 4.78 is 7.60. The highest BCUT2D eigenvalue weighted by molar-refractivity contribution is 9.10. The molecule has 0 saturated heterocycles. The molecule has 0 unspecified atom stereocenters.